The van der Waals surface area contributed by atoms with Crippen molar-refractivity contribution in [3.8, 4) is 5.75 Å². The van der Waals surface area contributed by atoms with Crippen molar-refractivity contribution in [1.82, 2.24) is 15.3 Å². The maximum absolute atomic E-state index is 12.4. The van der Waals surface area contributed by atoms with E-state index in [4.69, 9.17) is 5.73 Å². The molecule has 23 heavy (non-hydrogen) atoms. The minimum absolute atomic E-state index is 0.124. The van der Waals surface area contributed by atoms with E-state index in [0.717, 1.165) is 5.56 Å². The Labute approximate surface area is 134 Å². The molecule has 0 spiro atoms. The number of aryl methyl sites for hydroxylation is 2. The molecule has 0 saturated carbocycles. The quantitative estimate of drug-likeness (QED) is 0.645. The van der Waals surface area contributed by atoms with Crippen molar-refractivity contribution in [2.24, 2.45) is 0 Å². The number of anilines is 1. The Morgan fingerprint density at radius 1 is 1.22 bits per heavy atom. The van der Waals surface area contributed by atoms with Crippen LogP contribution in [0, 0.1) is 13.8 Å². The van der Waals surface area contributed by atoms with Crippen molar-refractivity contribution in [2.45, 2.75) is 26.3 Å². The highest BCUT2D eigenvalue weighted by Crippen LogP contribution is 2.13. The van der Waals surface area contributed by atoms with Gasteiger partial charge in [-0.3, -0.25) is 4.79 Å². The van der Waals surface area contributed by atoms with Crippen molar-refractivity contribution in [1.29, 1.82) is 0 Å². The summed E-state index contributed by atoms with van der Waals surface area (Å²) in [4.78, 5) is 20.4. The standard InChI is InChI=1S/C16H20N4O3/c1-9-14(10(2)19-16(17)18-9)15(23)20-12(8-21)7-11-3-5-13(22)6-4-11/h3-6,12,21-22H,7-8H2,1-2H3,(H,20,23)(H2,17,18,19)/t12-/m0/s1. The van der Waals surface area contributed by atoms with Gasteiger partial charge in [-0.2, -0.15) is 0 Å². The largest absolute Gasteiger partial charge is 0.508 e. The number of nitrogen functional groups attached to an aromatic ring is 1. The molecule has 0 unspecified atom stereocenters. The van der Waals surface area contributed by atoms with Crippen LogP contribution in [0.2, 0.25) is 0 Å². The van der Waals surface area contributed by atoms with Crippen LogP contribution in [0.3, 0.4) is 0 Å². The van der Waals surface area contributed by atoms with Gasteiger partial charge in [0.15, 0.2) is 0 Å². The molecule has 122 valence electrons. The highest BCUT2D eigenvalue weighted by molar-refractivity contribution is 5.96. The summed E-state index contributed by atoms with van der Waals surface area (Å²) >= 11 is 0. The molecule has 1 aromatic carbocycles. The zero-order valence-corrected chi connectivity index (χ0v) is 13.1. The zero-order valence-electron chi connectivity index (χ0n) is 13.1. The zero-order chi connectivity index (χ0) is 17.0. The van der Waals surface area contributed by atoms with Crippen LogP contribution in [0.15, 0.2) is 24.3 Å². The van der Waals surface area contributed by atoms with Gasteiger partial charge in [-0.15, -0.1) is 0 Å². The molecule has 0 aliphatic carbocycles. The Bertz CT molecular complexity index is 678. The van der Waals surface area contributed by atoms with Gasteiger partial charge in [0.25, 0.3) is 5.91 Å². The van der Waals surface area contributed by atoms with Crippen LogP contribution in [0.5, 0.6) is 5.75 Å². The van der Waals surface area contributed by atoms with E-state index in [1.165, 1.54) is 0 Å². The van der Waals surface area contributed by atoms with Crippen LogP contribution in [0.4, 0.5) is 5.95 Å². The Morgan fingerprint density at radius 3 is 2.30 bits per heavy atom. The summed E-state index contributed by atoms with van der Waals surface area (Å²) in [6, 6.07) is 6.16. The fourth-order valence-electron chi connectivity index (χ4n) is 2.41. The number of aliphatic hydroxyl groups is 1. The number of benzene rings is 1. The predicted molar refractivity (Wildman–Crippen MR) is 86.1 cm³/mol. The van der Waals surface area contributed by atoms with Crippen LogP contribution in [0.25, 0.3) is 0 Å². The first-order chi connectivity index (χ1) is 10.9. The normalized spacial score (nSPS) is 12.0. The number of nitrogens with two attached hydrogens (primary N) is 1. The van der Waals surface area contributed by atoms with Crippen LogP contribution >= 0.6 is 0 Å². The third kappa shape index (κ3) is 4.17. The molecule has 1 amide bonds. The minimum Gasteiger partial charge on any atom is -0.508 e. The van der Waals surface area contributed by atoms with Crippen molar-refractivity contribution in [3.63, 3.8) is 0 Å². The first kappa shape index (κ1) is 16.7. The summed E-state index contributed by atoms with van der Waals surface area (Å²) in [5.74, 6) is -0.0548. The summed E-state index contributed by atoms with van der Waals surface area (Å²) in [7, 11) is 0. The maximum atomic E-state index is 12.4. The lowest BCUT2D eigenvalue weighted by molar-refractivity contribution is 0.0914. The maximum Gasteiger partial charge on any atom is 0.255 e. The fourth-order valence-corrected chi connectivity index (χ4v) is 2.41. The lowest BCUT2D eigenvalue weighted by Gasteiger charge is -2.18. The summed E-state index contributed by atoms with van der Waals surface area (Å²) in [6.07, 6.45) is 0.441. The number of rotatable bonds is 5. The highest BCUT2D eigenvalue weighted by Gasteiger charge is 2.19. The summed E-state index contributed by atoms with van der Waals surface area (Å²) < 4.78 is 0. The monoisotopic (exact) mass is 316 g/mol. The van der Waals surface area contributed by atoms with Gasteiger partial charge in [0, 0.05) is 0 Å². The molecule has 1 atom stereocenters. The van der Waals surface area contributed by atoms with Gasteiger partial charge < -0.3 is 21.3 Å². The van der Waals surface area contributed by atoms with Crippen LogP contribution in [-0.4, -0.2) is 38.7 Å². The molecule has 0 aliphatic rings. The Balaban J connectivity index is 2.12. The van der Waals surface area contributed by atoms with E-state index < -0.39 is 6.04 Å². The number of carbonyl (C=O) groups is 1. The van der Waals surface area contributed by atoms with E-state index in [1.54, 1.807) is 38.1 Å². The Kier molecular flexibility index (Phi) is 5.13. The summed E-state index contributed by atoms with van der Waals surface area (Å²) in [5, 5.41) is 21.6. The molecule has 1 aromatic heterocycles. The van der Waals surface area contributed by atoms with Gasteiger partial charge in [-0.05, 0) is 38.0 Å². The van der Waals surface area contributed by atoms with E-state index >= 15 is 0 Å². The summed E-state index contributed by atoms with van der Waals surface area (Å²) in [5.41, 5.74) is 7.80. The molecule has 2 rings (SSSR count). The Hall–Kier alpha value is -2.67. The van der Waals surface area contributed by atoms with E-state index in [0.29, 0.717) is 23.4 Å². The Morgan fingerprint density at radius 2 is 1.78 bits per heavy atom. The number of nitrogens with one attached hydrogen (secondary N) is 1. The number of aromatic hydroxyl groups is 1. The fraction of sp³-hybridized carbons (Fsp3) is 0.312. The van der Waals surface area contributed by atoms with E-state index in [2.05, 4.69) is 15.3 Å². The number of aromatic nitrogens is 2. The second kappa shape index (κ2) is 7.06. The highest BCUT2D eigenvalue weighted by atomic mass is 16.3. The summed E-state index contributed by atoms with van der Waals surface area (Å²) in [6.45, 7) is 3.17. The van der Waals surface area contributed by atoms with E-state index in [1.807, 2.05) is 0 Å². The molecule has 0 fully saturated rings. The van der Waals surface area contributed by atoms with Crippen LogP contribution < -0.4 is 11.1 Å². The van der Waals surface area contributed by atoms with Gasteiger partial charge in [-0.1, -0.05) is 12.1 Å². The number of phenolic OH excluding ortho intramolecular Hbond substituents is 1. The average Bonchev–Trinajstić information content (AvgIpc) is 2.47. The topological polar surface area (TPSA) is 121 Å². The van der Waals surface area contributed by atoms with Crippen molar-refractivity contribution < 1.29 is 15.0 Å². The number of nitrogens with zero attached hydrogens (tertiary/aromatic N) is 2. The number of amides is 1. The van der Waals surface area contributed by atoms with E-state index in [-0.39, 0.29) is 24.2 Å². The molecule has 0 bridgehead atoms. The minimum atomic E-state index is -0.455. The van der Waals surface area contributed by atoms with Gasteiger partial charge in [0.1, 0.15) is 5.75 Å². The van der Waals surface area contributed by atoms with Crippen LogP contribution in [-0.2, 0) is 6.42 Å². The molecule has 0 aliphatic heterocycles. The molecular formula is C16H20N4O3. The average molecular weight is 316 g/mol. The van der Waals surface area contributed by atoms with Crippen molar-refractivity contribution >= 4 is 11.9 Å². The van der Waals surface area contributed by atoms with Gasteiger partial charge in [0.2, 0.25) is 5.95 Å². The second-order valence-corrected chi connectivity index (χ2v) is 5.35. The molecule has 5 N–H and O–H groups in total. The molecular weight excluding hydrogens is 296 g/mol. The molecule has 7 nitrogen and oxygen atoms in total. The molecule has 2 aromatic rings. The van der Waals surface area contributed by atoms with Crippen LogP contribution in [0.1, 0.15) is 27.3 Å². The van der Waals surface area contributed by atoms with Crippen molar-refractivity contribution in [2.75, 3.05) is 12.3 Å². The molecule has 7 heteroatoms. The number of aliphatic hydroxyl groups excluding tert-OH is 1. The molecule has 0 saturated heterocycles. The number of phenols is 1. The van der Waals surface area contributed by atoms with Gasteiger partial charge >= 0.3 is 0 Å². The van der Waals surface area contributed by atoms with Gasteiger partial charge in [-0.25, -0.2) is 9.97 Å². The SMILES string of the molecule is Cc1nc(N)nc(C)c1C(=O)N[C@H](CO)Cc1ccc(O)cc1. The lowest BCUT2D eigenvalue weighted by atomic mass is 10.1. The second-order valence-electron chi connectivity index (χ2n) is 5.35. The number of carbonyl (C=O) groups excluding carboxylic acids is 1. The number of hydrogen-bond donors (Lipinski definition) is 4. The smallest absolute Gasteiger partial charge is 0.255 e. The molecule has 1 heterocycles. The van der Waals surface area contributed by atoms with Gasteiger partial charge in [0.05, 0.1) is 29.6 Å². The first-order valence-electron chi connectivity index (χ1n) is 7.21. The van der Waals surface area contributed by atoms with E-state index in [9.17, 15) is 15.0 Å². The molecule has 0 radical (unpaired) electrons. The first-order valence-corrected chi connectivity index (χ1v) is 7.21. The third-order valence-electron chi connectivity index (χ3n) is 3.49. The van der Waals surface area contributed by atoms with Crippen molar-refractivity contribution in [3.05, 3.63) is 46.8 Å². The predicted octanol–water partition coefficient (Wildman–Crippen LogP) is 0.715. The number of hydrogen-bond acceptors (Lipinski definition) is 6. The lowest BCUT2D eigenvalue weighted by Crippen LogP contribution is -2.40. The third-order valence-corrected chi connectivity index (χ3v) is 3.49.